The lowest BCUT2D eigenvalue weighted by atomic mass is 9.89. The van der Waals surface area contributed by atoms with Gasteiger partial charge in [-0.25, -0.2) is 0 Å². The maximum atomic E-state index is 6.28. The van der Waals surface area contributed by atoms with Crippen LogP contribution in [0.2, 0.25) is 0 Å². The van der Waals surface area contributed by atoms with E-state index in [0.29, 0.717) is 32.3 Å². The standard InChI is InChI=1S/C27H45NO4/c1-8-10-21-13-15-29-19-24(26(2,3)4)31-17-22-11-9-12-23(28-22)18-32-25(27(5,6)7)20-30-16-14-21/h8-9,11-12,21,24-25H,1,10,13-20H2,2-7H3/t21?,24-,25?/m0/s1. The molecule has 2 unspecified atom stereocenters. The lowest BCUT2D eigenvalue weighted by molar-refractivity contribution is -0.0843. The van der Waals surface area contributed by atoms with E-state index in [2.05, 4.69) is 48.1 Å². The van der Waals surface area contributed by atoms with Crippen molar-refractivity contribution in [1.82, 2.24) is 4.98 Å². The number of fused-ring (bicyclic) bond motifs is 2. The van der Waals surface area contributed by atoms with Gasteiger partial charge in [-0.1, -0.05) is 53.7 Å². The van der Waals surface area contributed by atoms with Gasteiger partial charge in [0, 0.05) is 13.2 Å². The first-order valence-electron chi connectivity index (χ1n) is 12.0. The van der Waals surface area contributed by atoms with Crippen LogP contribution in [0.4, 0.5) is 0 Å². The molecule has 0 saturated heterocycles. The molecule has 0 N–H and O–H groups in total. The molecular weight excluding hydrogens is 402 g/mol. The van der Waals surface area contributed by atoms with Gasteiger partial charge in [0.05, 0.1) is 50.0 Å². The van der Waals surface area contributed by atoms with E-state index in [0.717, 1.165) is 43.9 Å². The minimum atomic E-state index is -0.0180. The fraction of sp³-hybridized carbons (Fsp3) is 0.741. The van der Waals surface area contributed by atoms with E-state index >= 15 is 0 Å². The minimum absolute atomic E-state index is 0.00505. The second-order valence-electron chi connectivity index (χ2n) is 11.1. The molecule has 5 heteroatoms. The molecule has 5 nitrogen and oxygen atoms in total. The first kappa shape index (κ1) is 27.0. The highest BCUT2D eigenvalue weighted by molar-refractivity contribution is 5.10. The van der Waals surface area contributed by atoms with Crippen molar-refractivity contribution in [3.63, 3.8) is 0 Å². The molecule has 182 valence electrons. The first-order chi connectivity index (χ1) is 15.1. The van der Waals surface area contributed by atoms with Crippen molar-refractivity contribution in [2.24, 2.45) is 16.7 Å². The molecule has 2 rings (SSSR count). The topological polar surface area (TPSA) is 49.8 Å². The van der Waals surface area contributed by atoms with E-state index in [1.165, 1.54) is 0 Å². The highest BCUT2D eigenvalue weighted by Gasteiger charge is 2.27. The van der Waals surface area contributed by atoms with Gasteiger partial charge in [-0.05, 0) is 48.1 Å². The molecule has 2 heterocycles. The number of aromatic nitrogens is 1. The summed E-state index contributed by atoms with van der Waals surface area (Å²) in [7, 11) is 0. The van der Waals surface area contributed by atoms with Gasteiger partial charge < -0.3 is 18.9 Å². The van der Waals surface area contributed by atoms with Crippen molar-refractivity contribution >= 4 is 0 Å². The molecule has 0 fully saturated rings. The normalized spacial score (nSPS) is 25.5. The van der Waals surface area contributed by atoms with E-state index in [1.54, 1.807) is 0 Å². The third-order valence-corrected chi connectivity index (χ3v) is 6.04. The molecule has 1 aliphatic heterocycles. The second-order valence-corrected chi connectivity index (χ2v) is 11.1. The van der Waals surface area contributed by atoms with Crippen molar-refractivity contribution < 1.29 is 18.9 Å². The van der Waals surface area contributed by atoms with E-state index in [1.807, 2.05) is 24.3 Å². The molecule has 0 radical (unpaired) electrons. The van der Waals surface area contributed by atoms with Crippen molar-refractivity contribution in [2.75, 3.05) is 26.4 Å². The number of hydrogen-bond donors (Lipinski definition) is 0. The monoisotopic (exact) mass is 447 g/mol. The third-order valence-electron chi connectivity index (χ3n) is 6.04. The molecule has 3 atom stereocenters. The Morgan fingerprint density at radius 2 is 1.34 bits per heavy atom. The van der Waals surface area contributed by atoms with Gasteiger partial charge in [0.25, 0.3) is 0 Å². The second kappa shape index (κ2) is 12.8. The molecule has 0 spiro atoms. The average molecular weight is 448 g/mol. The molecule has 1 aliphatic rings. The van der Waals surface area contributed by atoms with Crippen LogP contribution in [0.15, 0.2) is 30.9 Å². The lowest BCUT2D eigenvalue weighted by Gasteiger charge is -2.31. The molecule has 0 amide bonds. The molecule has 0 aromatic carbocycles. The zero-order chi connectivity index (χ0) is 23.6. The van der Waals surface area contributed by atoms with Gasteiger partial charge in [-0.2, -0.15) is 0 Å². The fourth-order valence-electron chi connectivity index (χ4n) is 3.65. The lowest BCUT2D eigenvalue weighted by Crippen LogP contribution is -2.34. The summed E-state index contributed by atoms with van der Waals surface area (Å²) in [4.78, 5) is 4.76. The van der Waals surface area contributed by atoms with Crippen molar-refractivity contribution in [3.8, 4) is 0 Å². The van der Waals surface area contributed by atoms with E-state index in [4.69, 9.17) is 23.9 Å². The summed E-state index contributed by atoms with van der Waals surface area (Å²) in [5.74, 6) is 0.512. The smallest absolute Gasteiger partial charge is 0.0893 e. The predicted molar refractivity (Wildman–Crippen MR) is 129 cm³/mol. The summed E-state index contributed by atoms with van der Waals surface area (Å²) in [6.45, 7) is 20.6. The van der Waals surface area contributed by atoms with Crippen molar-refractivity contribution in [2.45, 2.75) is 86.2 Å². The van der Waals surface area contributed by atoms with Gasteiger partial charge in [0.1, 0.15) is 0 Å². The number of nitrogens with zero attached hydrogens (tertiary/aromatic N) is 1. The molecule has 0 aliphatic carbocycles. The largest absolute Gasteiger partial charge is 0.379 e. The van der Waals surface area contributed by atoms with Crippen LogP contribution in [0.5, 0.6) is 0 Å². The fourth-order valence-corrected chi connectivity index (χ4v) is 3.65. The van der Waals surface area contributed by atoms with Crippen LogP contribution >= 0.6 is 0 Å². The Bertz CT molecular complexity index is 628. The average Bonchev–Trinajstić information content (AvgIpc) is 2.70. The van der Waals surface area contributed by atoms with E-state index in [9.17, 15) is 0 Å². The van der Waals surface area contributed by atoms with Crippen molar-refractivity contribution in [3.05, 3.63) is 42.2 Å². The third kappa shape index (κ3) is 9.70. The quantitative estimate of drug-likeness (QED) is 0.523. The number of ether oxygens (including phenoxy) is 4. The van der Waals surface area contributed by atoms with E-state index < -0.39 is 0 Å². The van der Waals surface area contributed by atoms with Gasteiger partial charge in [0.2, 0.25) is 0 Å². The van der Waals surface area contributed by atoms with Crippen LogP contribution in [0.1, 0.15) is 72.2 Å². The molecule has 0 saturated carbocycles. The zero-order valence-corrected chi connectivity index (χ0v) is 21.2. The number of pyridine rings is 1. The van der Waals surface area contributed by atoms with E-state index in [-0.39, 0.29) is 23.0 Å². The molecule has 2 bridgehead atoms. The summed E-state index contributed by atoms with van der Waals surface area (Å²) < 4.78 is 24.7. The Balaban J connectivity index is 2.15. The van der Waals surface area contributed by atoms with Crippen LogP contribution in [-0.4, -0.2) is 43.6 Å². The molecular formula is C27H45NO4. The SMILES string of the molecule is C=CCC1CCOCC(C(C)(C)C)OCc2cccc(n2)CO[C@H](C(C)(C)C)COCC1. The molecule has 1 aromatic heterocycles. The van der Waals surface area contributed by atoms with Gasteiger partial charge in [-0.15, -0.1) is 6.58 Å². The summed E-state index contributed by atoms with van der Waals surface area (Å²) >= 11 is 0. The Hall–Kier alpha value is -1.27. The van der Waals surface area contributed by atoms with Gasteiger partial charge in [-0.3, -0.25) is 4.98 Å². The van der Waals surface area contributed by atoms with Crippen LogP contribution < -0.4 is 0 Å². The summed E-state index contributed by atoms with van der Waals surface area (Å²) in [6.07, 6.45) is 4.96. The summed E-state index contributed by atoms with van der Waals surface area (Å²) in [6, 6.07) is 6.03. The van der Waals surface area contributed by atoms with Crippen LogP contribution in [0.3, 0.4) is 0 Å². The first-order valence-corrected chi connectivity index (χ1v) is 12.0. The maximum absolute atomic E-state index is 6.28. The number of rotatable bonds is 2. The summed E-state index contributed by atoms with van der Waals surface area (Å²) in [5, 5.41) is 0. The minimum Gasteiger partial charge on any atom is -0.379 e. The Morgan fingerprint density at radius 1 is 0.875 bits per heavy atom. The van der Waals surface area contributed by atoms with Crippen LogP contribution in [0.25, 0.3) is 0 Å². The van der Waals surface area contributed by atoms with Gasteiger partial charge in [0.15, 0.2) is 0 Å². The highest BCUT2D eigenvalue weighted by Crippen LogP contribution is 2.26. The molecule has 1 aromatic rings. The van der Waals surface area contributed by atoms with Crippen LogP contribution in [-0.2, 0) is 32.2 Å². The predicted octanol–water partition coefficient (Wildman–Crippen LogP) is 5.96. The Kier molecular flexibility index (Phi) is 10.8. The Morgan fingerprint density at radius 3 is 1.75 bits per heavy atom. The zero-order valence-electron chi connectivity index (χ0n) is 21.2. The number of hydrogen-bond acceptors (Lipinski definition) is 5. The summed E-state index contributed by atoms with van der Waals surface area (Å²) in [5.41, 5.74) is 1.79. The van der Waals surface area contributed by atoms with Crippen LogP contribution in [0, 0.1) is 16.7 Å². The highest BCUT2D eigenvalue weighted by atomic mass is 16.5. The Labute approximate surface area is 195 Å². The number of allylic oxidation sites excluding steroid dienone is 1. The van der Waals surface area contributed by atoms with Crippen molar-refractivity contribution in [1.29, 1.82) is 0 Å². The molecule has 32 heavy (non-hydrogen) atoms. The van der Waals surface area contributed by atoms with Gasteiger partial charge >= 0.3 is 0 Å². The maximum Gasteiger partial charge on any atom is 0.0893 e.